The molecule has 2 saturated heterocycles. The van der Waals surface area contributed by atoms with E-state index in [0.717, 1.165) is 18.0 Å². The van der Waals surface area contributed by atoms with Crippen molar-refractivity contribution in [2.45, 2.75) is 31.3 Å². The molecule has 0 N–H and O–H groups in total. The van der Waals surface area contributed by atoms with Crippen molar-refractivity contribution < 1.29 is 35.8 Å². The van der Waals surface area contributed by atoms with E-state index in [1.807, 2.05) is 13.8 Å². The van der Waals surface area contributed by atoms with Crippen molar-refractivity contribution in [2.75, 3.05) is 42.3 Å². The standard InChI is InChI=1S/C19H22FN3O7S2/c1-10-5-22(6-11(2)29-10)16-12(8-24)4-14-17(15(16)20)30-21-18(14)23-7-13(31-19(23)25)9-28-32(3,26)27/h4,8,10-11,13H,5-7,9H2,1-3H3/t10-,11-,13-/m1/s1. The average molecular weight is 488 g/mol. The Balaban J connectivity index is 1.68. The molecule has 0 spiro atoms. The molecule has 10 nitrogen and oxygen atoms in total. The third kappa shape index (κ3) is 4.47. The van der Waals surface area contributed by atoms with Crippen LogP contribution in [0.15, 0.2) is 10.6 Å². The summed E-state index contributed by atoms with van der Waals surface area (Å²) in [5.41, 5.74) is 0.0526. The Morgan fingerprint density at radius 1 is 1.31 bits per heavy atom. The predicted octanol–water partition coefficient (Wildman–Crippen LogP) is 2.41. The molecule has 2 fully saturated rings. The van der Waals surface area contributed by atoms with E-state index >= 15 is 4.39 Å². The molecule has 3 atom stereocenters. The van der Waals surface area contributed by atoms with E-state index in [2.05, 4.69) is 5.16 Å². The average Bonchev–Trinajstić information content (AvgIpc) is 3.28. The number of anilines is 2. The zero-order valence-corrected chi connectivity index (χ0v) is 19.2. The number of morpholine rings is 1. The minimum atomic E-state index is -3.65. The zero-order chi connectivity index (χ0) is 23.2. The number of rotatable bonds is 6. The number of hydrogen-bond donors (Lipinski definition) is 0. The number of amides is 1. The molecule has 13 heteroatoms. The fourth-order valence-corrected chi connectivity index (χ4v) is 5.41. The van der Waals surface area contributed by atoms with E-state index in [-0.39, 0.29) is 53.4 Å². The van der Waals surface area contributed by atoms with E-state index in [4.69, 9.17) is 13.4 Å². The SMILES string of the molecule is C[C@@H]1CN(c2c(C=O)cc3c(N4C[C@H](COS(C)(=O)=O)SC4=O)noc3c2F)C[C@@H](C)O1. The molecule has 0 saturated carbocycles. The van der Waals surface area contributed by atoms with E-state index in [1.165, 1.54) is 11.0 Å². The number of benzene rings is 1. The predicted molar refractivity (Wildman–Crippen MR) is 116 cm³/mol. The van der Waals surface area contributed by atoms with Crippen LogP contribution in [0.3, 0.4) is 0 Å². The first-order valence-electron chi connectivity index (χ1n) is 9.87. The number of hydrogen-bond acceptors (Lipinski definition) is 10. The van der Waals surface area contributed by atoms with Crippen LogP contribution in [0.5, 0.6) is 0 Å². The highest BCUT2D eigenvalue weighted by atomic mass is 32.2. The van der Waals surface area contributed by atoms with Crippen LogP contribution in [-0.2, 0) is 19.0 Å². The van der Waals surface area contributed by atoms with E-state index in [9.17, 15) is 18.0 Å². The molecule has 2 aromatic rings. The number of halogens is 1. The van der Waals surface area contributed by atoms with Crippen molar-refractivity contribution in [2.24, 2.45) is 0 Å². The first-order chi connectivity index (χ1) is 15.1. The van der Waals surface area contributed by atoms with Crippen molar-refractivity contribution in [3.05, 3.63) is 17.4 Å². The van der Waals surface area contributed by atoms with Gasteiger partial charge in [-0.1, -0.05) is 16.9 Å². The third-order valence-corrected chi connectivity index (χ3v) is 6.75. The Bertz CT molecular complexity index is 1160. The van der Waals surface area contributed by atoms with Gasteiger partial charge in [0, 0.05) is 25.2 Å². The summed E-state index contributed by atoms with van der Waals surface area (Å²) >= 11 is 0.892. The minimum Gasteiger partial charge on any atom is -0.372 e. The highest BCUT2D eigenvalue weighted by Gasteiger charge is 2.37. The van der Waals surface area contributed by atoms with Gasteiger partial charge in [-0.2, -0.15) is 8.42 Å². The minimum absolute atomic E-state index is 0.0663. The largest absolute Gasteiger partial charge is 0.372 e. The highest BCUT2D eigenvalue weighted by Crippen LogP contribution is 2.39. The Kier molecular flexibility index (Phi) is 6.18. The zero-order valence-electron chi connectivity index (χ0n) is 17.6. The first kappa shape index (κ1) is 23.0. The lowest BCUT2D eigenvalue weighted by Crippen LogP contribution is -2.46. The van der Waals surface area contributed by atoms with E-state index in [1.54, 1.807) is 4.90 Å². The van der Waals surface area contributed by atoms with Crippen molar-refractivity contribution >= 4 is 55.9 Å². The van der Waals surface area contributed by atoms with Crippen molar-refractivity contribution in [3.8, 4) is 0 Å². The summed E-state index contributed by atoms with van der Waals surface area (Å²) in [6.07, 6.45) is 1.19. The molecular formula is C19H22FN3O7S2. The van der Waals surface area contributed by atoms with Crippen LogP contribution >= 0.6 is 11.8 Å². The Morgan fingerprint density at radius 2 is 2.00 bits per heavy atom. The summed E-state index contributed by atoms with van der Waals surface area (Å²) in [6, 6.07) is 1.45. The monoisotopic (exact) mass is 487 g/mol. The number of aromatic nitrogens is 1. The van der Waals surface area contributed by atoms with Gasteiger partial charge in [-0.05, 0) is 19.9 Å². The van der Waals surface area contributed by atoms with Crippen LogP contribution in [0, 0.1) is 5.82 Å². The number of ether oxygens (including phenoxy) is 1. The number of nitrogens with zero attached hydrogens (tertiary/aromatic N) is 3. The second-order valence-corrected chi connectivity index (χ2v) is 10.8. The van der Waals surface area contributed by atoms with Crippen LogP contribution in [-0.4, -0.2) is 75.1 Å². The summed E-state index contributed by atoms with van der Waals surface area (Å²) in [5.74, 6) is -0.669. The topological polar surface area (TPSA) is 119 Å². The first-order valence-corrected chi connectivity index (χ1v) is 12.6. The molecule has 0 radical (unpaired) electrons. The van der Waals surface area contributed by atoms with Crippen LogP contribution in [0.4, 0.5) is 20.7 Å². The fraction of sp³-hybridized carbons (Fsp3) is 0.526. The van der Waals surface area contributed by atoms with Gasteiger partial charge in [0.25, 0.3) is 15.4 Å². The van der Waals surface area contributed by atoms with Gasteiger partial charge in [0.15, 0.2) is 17.9 Å². The van der Waals surface area contributed by atoms with Crippen LogP contribution in [0.1, 0.15) is 24.2 Å². The summed E-state index contributed by atoms with van der Waals surface area (Å²) in [4.78, 5) is 27.3. The summed E-state index contributed by atoms with van der Waals surface area (Å²) in [5, 5.41) is 3.19. The molecule has 1 amide bonds. The van der Waals surface area contributed by atoms with Gasteiger partial charge in [-0.15, -0.1) is 0 Å². The second kappa shape index (κ2) is 8.61. The summed E-state index contributed by atoms with van der Waals surface area (Å²) in [6.45, 7) is 4.45. The van der Waals surface area contributed by atoms with Crippen LogP contribution in [0.2, 0.25) is 0 Å². The van der Waals surface area contributed by atoms with Crippen molar-refractivity contribution in [1.82, 2.24) is 5.16 Å². The van der Waals surface area contributed by atoms with Gasteiger partial charge in [0.05, 0.1) is 41.4 Å². The molecule has 0 aliphatic carbocycles. The van der Waals surface area contributed by atoms with Crippen LogP contribution < -0.4 is 9.80 Å². The second-order valence-electron chi connectivity index (χ2n) is 7.90. The number of thioether (sulfide) groups is 1. The molecule has 174 valence electrons. The molecule has 1 aromatic heterocycles. The van der Waals surface area contributed by atoms with Gasteiger partial charge >= 0.3 is 0 Å². The van der Waals surface area contributed by atoms with E-state index in [0.29, 0.717) is 19.4 Å². The maximum Gasteiger partial charge on any atom is 0.287 e. The lowest BCUT2D eigenvalue weighted by molar-refractivity contribution is -0.00543. The number of aldehydes is 1. The number of carbonyl (C=O) groups is 2. The molecule has 2 aliphatic heterocycles. The molecule has 0 unspecified atom stereocenters. The quantitative estimate of drug-likeness (QED) is 0.444. The molecular weight excluding hydrogens is 465 g/mol. The number of fused-ring (bicyclic) bond motifs is 1. The molecule has 32 heavy (non-hydrogen) atoms. The lowest BCUT2D eigenvalue weighted by atomic mass is 10.1. The fourth-order valence-electron chi connectivity index (χ4n) is 3.98. The molecule has 0 bridgehead atoms. The van der Waals surface area contributed by atoms with Crippen molar-refractivity contribution in [3.63, 3.8) is 0 Å². The van der Waals surface area contributed by atoms with Gasteiger partial charge in [-0.25, -0.2) is 4.39 Å². The third-order valence-electron chi connectivity index (χ3n) is 5.15. The van der Waals surface area contributed by atoms with Gasteiger partial charge in [0.1, 0.15) is 0 Å². The molecule has 1 aromatic carbocycles. The lowest BCUT2D eigenvalue weighted by Gasteiger charge is -2.37. The summed E-state index contributed by atoms with van der Waals surface area (Å²) < 4.78 is 53.7. The Labute approximate surface area is 188 Å². The molecule has 3 heterocycles. The molecule has 4 rings (SSSR count). The Morgan fingerprint density at radius 3 is 2.62 bits per heavy atom. The maximum atomic E-state index is 15.5. The summed E-state index contributed by atoms with van der Waals surface area (Å²) in [7, 11) is -3.65. The smallest absolute Gasteiger partial charge is 0.287 e. The van der Waals surface area contributed by atoms with Crippen molar-refractivity contribution in [1.29, 1.82) is 0 Å². The maximum absolute atomic E-state index is 15.5. The molecule has 2 aliphatic rings. The van der Waals surface area contributed by atoms with Gasteiger partial charge in [0.2, 0.25) is 5.58 Å². The number of carbonyl (C=O) groups excluding carboxylic acids is 2. The highest BCUT2D eigenvalue weighted by molar-refractivity contribution is 8.14. The Hall–Kier alpha value is -2.22. The van der Waals surface area contributed by atoms with Crippen LogP contribution in [0.25, 0.3) is 11.0 Å². The van der Waals surface area contributed by atoms with Gasteiger partial charge in [-0.3, -0.25) is 18.7 Å². The normalized spacial score (nSPS) is 24.5. The van der Waals surface area contributed by atoms with E-state index < -0.39 is 26.4 Å². The van der Waals surface area contributed by atoms with Gasteiger partial charge < -0.3 is 14.2 Å².